The Labute approximate surface area is 183 Å². The molecular weight excluding hydrogens is 390 g/mol. The predicted molar refractivity (Wildman–Crippen MR) is 119 cm³/mol. The van der Waals surface area contributed by atoms with Gasteiger partial charge >= 0.3 is 0 Å². The summed E-state index contributed by atoms with van der Waals surface area (Å²) in [4.78, 5) is 15.6. The van der Waals surface area contributed by atoms with Crippen molar-refractivity contribution in [2.24, 2.45) is 11.8 Å². The number of ether oxygens (including phenoxy) is 3. The van der Waals surface area contributed by atoms with Gasteiger partial charge in [0.1, 0.15) is 11.9 Å². The summed E-state index contributed by atoms with van der Waals surface area (Å²) in [5.41, 5.74) is 2.92. The summed E-state index contributed by atoms with van der Waals surface area (Å²) in [6, 6.07) is 18.1. The molecule has 1 saturated carbocycles. The van der Waals surface area contributed by atoms with Gasteiger partial charge in [0.15, 0.2) is 5.78 Å². The van der Waals surface area contributed by atoms with Crippen LogP contribution < -0.4 is 4.74 Å². The minimum Gasteiger partial charge on any atom is -0.497 e. The molecule has 162 valence electrons. The van der Waals surface area contributed by atoms with Crippen LogP contribution in [0.4, 0.5) is 0 Å². The summed E-state index contributed by atoms with van der Waals surface area (Å²) < 4.78 is 17.7. The molecule has 0 aromatic heterocycles. The number of carbonyl (C=O) groups is 1. The highest BCUT2D eigenvalue weighted by Crippen LogP contribution is 2.41. The second-order valence-corrected chi connectivity index (χ2v) is 8.72. The zero-order valence-electron chi connectivity index (χ0n) is 17.9. The molecule has 5 heteroatoms. The normalized spacial score (nSPS) is 28.2. The van der Waals surface area contributed by atoms with Crippen molar-refractivity contribution in [3.63, 3.8) is 0 Å². The highest BCUT2D eigenvalue weighted by atomic mass is 16.5. The Kier molecular flexibility index (Phi) is 5.79. The van der Waals surface area contributed by atoms with Gasteiger partial charge in [-0.2, -0.15) is 0 Å². The molecule has 0 N–H and O–H groups in total. The van der Waals surface area contributed by atoms with Crippen molar-refractivity contribution in [1.29, 1.82) is 0 Å². The lowest BCUT2D eigenvalue weighted by Crippen LogP contribution is -2.56. The molecule has 1 aliphatic carbocycles. The summed E-state index contributed by atoms with van der Waals surface area (Å²) in [6.45, 7) is 2.48. The Morgan fingerprint density at radius 1 is 1.06 bits per heavy atom. The van der Waals surface area contributed by atoms with Gasteiger partial charge < -0.3 is 14.2 Å². The van der Waals surface area contributed by atoms with Gasteiger partial charge in [-0.05, 0) is 42.5 Å². The largest absolute Gasteiger partial charge is 0.497 e. The maximum Gasteiger partial charge on any atom is 0.173 e. The average molecular weight is 420 g/mol. The Morgan fingerprint density at radius 2 is 1.87 bits per heavy atom. The third kappa shape index (κ3) is 4.12. The maximum atomic E-state index is 13.3. The molecule has 2 aromatic carbocycles. The summed E-state index contributed by atoms with van der Waals surface area (Å²) in [7, 11) is 1.68. The summed E-state index contributed by atoms with van der Waals surface area (Å²) in [5, 5.41) is 0. The summed E-state index contributed by atoms with van der Waals surface area (Å²) in [6.07, 6.45) is 4.49. The number of hydrogen-bond acceptors (Lipinski definition) is 5. The number of Topliss-reactive ketones (excluding diaryl/α,β-unsaturated/α-hetero) is 1. The fourth-order valence-corrected chi connectivity index (χ4v) is 5.16. The van der Waals surface area contributed by atoms with Crippen molar-refractivity contribution in [3.8, 4) is 5.75 Å². The Morgan fingerprint density at radius 3 is 2.65 bits per heavy atom. The number of methoxy groups -OCH3 is 1. The van der Waals surface area contributed by atoms with Crippen LogP contribution in [0.2, 0.25) is 0 Å². The highest BCUT2D eigenvalue weighted by Gasteiger charge is 2.48. The van der Waals surface area contributed by atoms with E-state index in [0.29, 0.717) is 12.3 Å². The van der Waals surface area contributed by atoms with Crippen LogP contribution in [0.1, 0.15) is 24.0 Å². The van der Waals surface area contributed by atoms with Crippen LogP contribution in [0.5, 0.6) is 5.75 Å². The quantitative estimate of drug-likeness (QED) is 0.735. The molecule has 2 fully saturated rings. The third-order valence-corrected chi connectivity index (χ3v) is 6.90. The molecule has 4 unspecified atom stereocenters. The monoisotopic (exact) mass is 419 g/mol. The lowest BCUT2D eigenvalue weighted by atomic mass is 9.71. The topological polar surface area (TPSA) is 48.0 Å². The van der Waals surface area contributed by atoms with E-state index in [-0.39, 0.29) is 29.8 Å². The van der Waals surface area contributed by atoms with E-state index < -0.39 is 0 Å². The van der Waals surface area contributed by atoms with Crippen molar-refractivity contribution in [2.75, 3.05) is 26.9 Å². The Hall–Kier alpha value is -2.63. The van der Waals surface area contributed by atoms with E-state index in [1.807, 2.05) is 42.5 Å². The summed E-state index contributed by atoms with van der Waals surface area (Å²) >= 11 is 0. The molecule has 2 aromatic rings. The third-order valence-electron chi connectivity index (χ3n) is 6.90. The molecule has 5 nitrogen and oxygen atoms in total. The van der Waals surface area contributed by atoms with E-state index >= 15 is 0 Å². The fourth-order valence-electron chi connectivity index (χ4n) is 5.16. The van der Waals surface area contributed by atoms with E-state index in [1.54, 1.807) is 13.4 Å². The van der Waals surface area contributed by atoms with Crippen LogP contribution in [-0.4, -0.2) is 49.8 Å². The lowest BCUT2D eigenvalue weighted by molar-refractivity contribution is -0.169. The van der Waals surface area contributed by atoms with E-state index in [9.17, 15) is 4.79 Å². The van der Waals surface area contributed by atoms with Gasteiger partial charge in [0.2, 0.25) is 0 Å². The molecule has 0 spiro atoms. The number of hydrogen-bond donors (Lipinski definition) is 0. The molecule has 0 radical (unpaired) electrons. The zero-order chi connectivity index (χ0) is 21.2. The first-order chi connectivity index (χ1) is 15.2. The first-order valence-corrected chi connectivity index (χ1v) is 11.1. The lowest BCUT2D eigenvalue weighted by Gasteiger charge is -2.48. The number of fused-ring (bicyclic) bond motifs is 3. The molecule has 5 rings (SSSR count). The number of nitrogens with zero attached hydrogens (tertiary/aromatic N) is 1. The van der Waals surface area contributed by atoms with Crippen LogP contribution in [0.3, 0.4) is 0 Å². The molecule has 1 saturated heterocycles. The average Bonchev–Trinajstić information content (AvgIpc) is 2.83. The van der Waals surface area contributed by atoms with Crippen LogP contribution in [0.25, 0.3) is 5.57 Å². The van der Waals surface area contributed by atoms with Gasteiger partial charge in [0, 0.05) is 19.0 Å². The van der Waals surface area contributed by atoms with Crippen molar-refractivity contribution < 1.29 is 19.0 Å². The minimum absolute atomic E-state index is 0.0772. The molecular formula is C26H29NO4. The van der Waals surface area contributed by atoms with Gasteiger partial charge in [-0.1, -0.05) is 42.5 Å². The number of ketones is 1. The number of allylic oxidation sites excluding steroid dienone is 1. The molecule has 4 atom stereocenters. The van der Waals surface area contributed by atoms with Gasteiger partial charge in [0.25, 0.3) is 0 Å². The van der Waals surface area contributed by atoms with Crippen LogP contribution in [0.15, 0.2) is 60.9 Å². The molecule has 2 aliphatic heterocycles. The SMILES string of the molecule is COc1ccc(CCN2COC3CCC4C(=O)C(c5ccccc5)=COC4C3C2)cc1. The zero-order valence-corrected chi connectivity index (χ0v) is 17.9. The van der Waals surface area contributed by atoms with E-state index in [1.165, 1.54) is 5.56 Å². The summed E-state index contributed by atoms with van der Waals surface area (Å²) in [5.74, 6) is 1.24. The molecule has 31 heavy (non-hydrogen) atoms. The van der Waals surface area contributed by atoms with E-state index in [4.69, 9.17) is 14.2 Å². The predicted octanol–water partition coefficient (Wildman–Crippen LogP) is 3.93. The smallest absolute Gasteiger partial charge is 0.173 e. The first-order valence-electron chi connectivity index (χ1n) is 11.1. The van der Waals surface area contributed by atoms with E-state index in [2.05, 4.69) is 17.0 Å². The Balaban J connectivity index is 1.25. The van der Waals surface area contributed by atoms with Crippen molar-refractivity contribution in [3.05, 3.63) is 72.0 Å². The van der Waals surface area contributed by atoms with Gasteiger partial charge in [-0.15, -0.1) is 0 Å². The van der Waals surface area contributed by atoms with Crippen molar-refractivity contribution in [1.82, 2.24) is 4.90 Å². The van der Waals surface area contributed by atoms with Crippen molar-refractivity contribution in [2.45, 2.75) is 31.5 Å². The van der Waals surface area contributed by atoms with Crippen LogP contribution >= 0.6 is 0 Å². The molecule has 2 heterocycles. The minimum atomic E-state index is -0.0949. The Bertz CT molecular complexity index is 940. The molecule has 0 amide bonds. The van der Waals surface area contributed by atoms with Gasteiger partial charge in [-0.3, -0.25) is 9.69 Å². The maximum absolute atomic E-state index is 13.3. The number of rotatable bonds is 5. The molecule has 3 aliphatic rings. The van der Waals surface area contributed by atoms with E-state index in [0.717, 1.165) is 43.7 Å². The van der Waals surface area contributed by atoms with Gasteiger partial charge in [0.05, 0.1) is 37.7 Å². The van der Waals surface area contributed by atoms with Gasteiger partial charge in [-0.25, -0.2) is 0 Å². The standard InChI is InChI=1S/C26H29NO4/c1-29-20-9-7-18(8-10-20)13-14-27-15-22-24(31-17-27)12-11-21-25(28)23(16-30-26(21)22)19-5-3-2-4-6-19/h2-10,16,21-22,24,26H,11-15,17H2,1H3. The fraction of sp³-hybridized carbons (Fsp3) is 0.423. The van der Waals surface area contributed by atoms with Crippen LogP contribution in [-0.2, 0) is 20.7 Å². The first kappa shape index (κ1) is 20.3. The second-order valence-electron chi connectivity index (χ2n) is 8.72. The van der Waals surface area contributed by atoms with Crippen LogP contribution in [0, 0.1) is 11.8 Å². The number of benzene rings is 2. The van der Waals surface area contributed by atoms with Crippen molar-refractivity contribution >= 4 is 11.4 Å². The second kappa shape index (κ2) is 8.85. The molecule has 0 bridgehead atoms. The highest BCUT2D eigenvalue weighted by molar-refractivity contribution is 6.22. The number of carbonyl (C=O) groups excluding carboxylic acids is 1.